The van der Waals surface area contributed by atoms with Crippen LogP contribution in [0.5, 0.6) is 0 Å². The van der Waals surface area contributed by atoms with Crippen molar-refractivity contribution in [3.05, 3.63) is 30.1 Å². The van der Waals surface area contributed by atoms with E-state index in [2.05, 4.69) is 21.4 Å². The van der Waals surface area contributed by atoms with Crippen molar-refractivity contribution in [2.45, 2.75) is 38.5 Å². The molecule has 0 amide bonds. The van der Waals surface area contributed by atoms with Crippen LogP contribution in [0.15, 0.2) is 30.1 Å². The molecule has 0 unspecified atom stereocenters. The first kappa shape index (κ1) is 11.1. The van der Waals surface area contributed by atoms with Gasteiger partial charge in [-0.05, 0) is 38.2 Å². The van der Waals surface area contributed by atoms with Crippen LogP contribution < -0.4 is 5.32 Å². The van der Waals surface area contributed by atoms with Gasteiger partial charge < -0.3 is 5.32 Å². The molecule has 0 bridgehead atoms. The summed E-state index contributed by atoms with van der Waals surface area (Å²) in [6.07, 6.45) is 13.7. The van der Waals surface area contributed by atoms with Crippen molar-refractivity contribution < 1.29 is 0 Å². The summed E-state index contributed by atoms with van der Waals surface area (Å²) in [4.78, 5) is 8.28. The zero-order valence-corrected chi connectivity index (χ0v) is 9.65. The smallest absolute Gasteiger partial charge is 0.222 e. The Hall–Kier alpha value is -1.38. The largest absolute Gasteiger partial charge is 0.354 e. The molecule has 86 valence electrons. The number of aromatic nitrogens is 2. The molecule has 16 heavy (non-hydrogen) atoms. The van der Waals surface area contributed by atoms with Gasteiger partial charge in [0, 0.05) is 18.9 Å². The van der Waals surface area contributed by atoms with Crippen LogP contribution >= 0.6 is 0 Å². The van der Waals surface area contributed by atoms with Crippen LogP contribution in [0.3, 0.4) is 0 Å². The fourth-order valence-electron chi connectivity index (χ4n) is 2.03. The van der Waals surface area contributed by atoms with Crippen molar-refractivity contribution in [1.29, 1.82) is 0 Å². The number of hydrogen-bond acceptors (Lipinski definition) is 3. The van der Waals surface area contributed by atoms with Crippen LogP contribution in [0.2, 0.25) is 0 Å². The van der Waals surface area contributed by atoms with Crippen LogP contribution in [-0.2, 0) is 0 Å². The fraction of sp³-hybridized carbons (Fsp3) is 0.538. The highest BCUT2D eigenvalue weighted by Crippen LogP contribution is 2.19. The number of anilines is 1. The number of rotatable bonds is 4. The maximum absolute atomic E-state index is 4.14. The van der Waals surface area contributed by atoms with E-state index in [1.165, 1.54) is 32.1 Å². The maximum Gasteiger partial charge on any atom is 0.222 e. The number of hydrogen-bond donors (Lipinski definition) is 1. The molecule has 3 heteroatoms. The first-order valence-corrected chi connectivity index (χ1v) is 6.14. The van der Waals surface area contributed by atoms with Crippen LogP contribution in [0.1, 0.15) is 38.5 Å². The Morgan fingerprint density at radius 2 is 2.00 bits per heavy atom. The lowest BCUT2D eigenvalue weighted by molar-refractivity contribution is 0.703. The Morgan fingerprint density at radius 1 is 1.12 bits per heavy atom. The summed E-state index contributed by atoms with van der Waals surface area (Å²) >= 11 is 0. The van der Waals surface area contributed by atoms with Crippen LogP contribution in [0, 0.1) is 0 Å². The molecule has 0 fully saturated rings. The lowest BCUT2D eigenvalue weighted by Gasteiger charge is -2.06. The molecule has 0 aromatic carbocycles. The third-order valence-corrected chi connectivity index (χ3v) is 2.93. The molecule has 1 heterocycles. The summed E-state index contributed by atoms with van der Waals surface area (Å²) in [5.74, 6) is 0.733. The monoisotopic (exact) mass is 217 g/mol. The minimum Gasteiger partial charge on any atom is -0.354 e. The van der Waals surface area contributed by atoms with Gasteiger partial charge in [-0.25, -0.2) is 9.97 Å². The normalized spacial score (nSPS) is 16.4. The van der Waals surface area contributed by atoms with Gasteiger partial charge in [-0.3, -0.25) is 0 Å². The first-order valence-electron chi connectivity index (χ1n) is 6.14. The lowest BCUT2D eigenvalue weighted by Crippen LogP contribution is -2.05. The molecule has 1 aliphatic rings. The SMILES string of the molecule is C1=C(CCNc2ncccn2)CCCCC1. The minimum absolute atomic E-state index is 0.733. The number of allylic oxidation sites excluding steroid dienone is 1. The van der Waals surface area contributed by atoms with E-state index in [9.17, 15) is 0 Å². The van der Waals surface area contributed by atoms with E-state index in [0.717, 1.165) is 18.9 Å². The number of nitrogens with zero attached hydrogens (tertiary/aromatic N) is 2. The van der Waals surface area contributed by atoms with Crippen molar-refractivity contribution in [3.63, 3.8) is 0 Å². The molecular formula is C13H19N3. The Labute approximate surface area is 97.0 Å². The van der Waals surface area contributed by atoms with Crippen molar-refractivity contribution >= 4 is 5.95 Å². The highest BCUT2D eigenvalue weighted by Gasteiger charge is 2.02. The van der Waals surface area contributed by atoms with Gasteiger partial charge in [-0.15, -0.1) is 0 Å². The van der Waals surface area contributed by atoms with Crippen molar-refractivity contribution in [2.24, 2.45) is 0 Å². The zero-order valence-electron chi connectivity index (χ0n) is 9.65. The van der Waals surface area contributed by atoms with E-state index < -0.39 is 0 Å². The molecule has 0 aliphatic heterocycles. The van der Waals surface area contributed by atoms with Crippen molar-refractivity contribution in [1.82, 2.24) is 9.97 Å². The number of nitrogens with one attached hydrogen (secondary N) is 1. The second kappa shape index (κ2) is 6.26. The van der Waals surface area contributed by atoms with Gasteiger partial charge in [0.15, 0.2) is 0 Å². The lowest BCUT2D eigenvalue weighted by atomic mass is 10.1. The Balaban J connectivity index is 1.73. The topological polar surface area (TPSA) is 37.8 Å². The molecule has 1 aromatic heterocycles. The second-order valence-electron chi connectivity index (χ2n) is 4.21. The molecule has 0 saturated heterocycles. The van der Waals surface area contributed by atoms with E-state index in [1.807, 2.05) is 6.07 Å². The third kappa shape index (κ3) is 3.65. The molecule has 2 rings (SSSR count). The first-order chi connectivity index (χ1) is 7.95. The molecule has 0 saturated carbocycles. The highest BCUT2D eigenvalue weighted by molar-refractivity contribution is 5.22. The molecule has 0 atom stereocenters. The summed E-state index contributed by atoms with van der Waals surface area (Å²) < 4.78 is 0. The molecule has 0 radical (unpaired) electrons. The van der Waals surface area contributed by atoms with E-state index in [4.69, 9.17) is 0 Å². The van der Waals surface area contributed by atoms with Gasteiger partial charge in [-0.2, -0.15) is 0 Å². The van der Waals surface area contributed by atoms with Crippen LogP contribution in [-0.4, -0.2) is 16.5 Å². The second-order valence-corrected chi connectivity index (χ2v) is 4.21. The molecule has 1 aliphatic carbocycles. The predicted molar refractivity (Wildman–Crippen MR) is 66.3 cm³/mol. The van der Waals surface area contributed by atoms with E-state index in [0.29, 0.717) is 0 Å². The quantitative estimate of drug-likeness (QED) is 0.787. The molecule has 3 nitrogen and oxygen atoms in total. The summed E-state index contributed by atoms with van der Waals surface area (Å²) in [5, 5.41) is 3.25. The van der Waals surface area contributed by atoms with Crippen LogP contribution in [0.4, 0.5) is 5.95 Å². The predicted octanol–water partition coefficient (Wildman–Crippen LogP) is 3.17. The van der Waals surface area contributed by atoms with Gasteiger partial charge in [-0.1, -0.05) is 18.1 Å². The Bertz CT molecular complexity index is 332. The average molecular weight is 217 g/mol. The third-order valence-electron chi connectivity index (χ3n) is 2.93. The minimum atomic E-state index is 0.733. The van der Waals surface area contributed by atoms with Gasteiger partial charge in [0.1, 0.15) is 0 Å². The van der Waals surface area contributed by atoms with Gasteiger partial charge in [0.2, 0.25) is 5.95 Å². The van der Waals surface area contributed by atoms with Gasteiger partial charge in [0.05, 0.1) is 0 Å². The highest BCUT2D eigenvalue weighted by atomic mass is 15.1. The summed E-state index contributed by atoms with van der Waals surface area (Å²) in [5.41, 5.74) is 1.60. The Morgan fingerprint density at radius 3 is 2.88 bits per heavy atom. The van der Waals surface area contributed by atoms with Crippen molar-refractivity contribution in [3.8, 4) is 0 Å². The standard InChI is InChI=1S/C13H19N3/c1-2-4-7-12(6-3-1)8-11-16-13-14-9-5-10-15-13/h5-6,9-10H,1-4,7-8,11H2,(H,14,15,16). The van der Waals surface area contributed by atoms with Crippen molar-refractivity contribution in [2.75, 3.05) is 11.9 Å². The summed E-state index contributed by atoms with van der Waals surface area (Å²) in [7, 11) is 0. The fourth-order valence-corrected chi connectivity index (χ4v) is 2.03. The van der Waals surface area contributed by atoms with Crippen LogP contribution in [0.25, 0.3) is 0 Å². The summed E-state index contributed by atoms with van der Waals surface area (Å²) in [6, 6.07) is 1.83. The van der Waals surface area contributed by atoms with E-state index in [1.54, 1.807) is 18.0 Å². The average Bonchev–Trinajstić information content (AvgIpc) is 2.59. The Kier molecular flexibility index (Phi) is 4.35. The molecular weight excluding hydrogens is 198 g/mol. The van der Waals surface area contributed by atoms with Gasteiger partial charge >= 0.3 is 0 Å². The zero-order chi connectivity index (χ0) is 11.1. The van der Waals surface area contributed by atoms with E-state index in [-0.39, 0.29) is 0 Å². The van der Waals surface area contributed by atoms with Gasteiger partial charge in [0.25, 0.3) is 0 Å². The molecule has 0 spiro atoms. The molecule has 1 aromatic rings. The molecule has 1 N–H and O–H groups in total. The summed E-state index contributed by atoms with van der Waals surface area (Å²) in [6.45, 7) is 0.940. The maximum atomic E-state index is 4.14. The van der Waals surface area contributed by atoms with E-state index >= 15 is 0 Å².